The molecule has 1 amide bonds. The number of thiophene rings is 1. The number of likely N-dealkylation sites (tertiary alicyclic amines) is 1. The highest BCUT2D eigenvalue weighted by molar-refractivity contribution is 7.98. The van der Waals surface area contributed by atoms with Crippen LogP contribution in [0.25, 0.3) is 0 Å². The van der Waals surface area contributed by atoms with Crippen molar-refractivity contribution in [1.29, 1.82) is 0 Å². The van der Waals surface area contributed by atoms with Crippen LogP contribution in [0.2, 0.25) is 0 Å². The molecule has 0 saturated carbocycles. The van der Waals surface area contributed by atoms with Gasteiger partial charge in [-0.2, -0.15) is 11.8 Å². The third-order valence-corrected chi connectivity index (χ3v) is 5.85. The minimum Gasteiger partial charge on any atom is -0.336 e. The van der Waals surface area contributed by atoms with Gasteiger partial charge >= 0.3 is 0 Å². The van der Waals surface area contributed by atoms with E-state index in [0.717, 1.165) is 30.0 Å². The average Bonchev–Trinajstić information content (AvgIpc) is 2.93. The molecule has 1 aromatic heterocycles. The Morgan fingerprint density at radius 3 is 3.12 bits per heavy atom. The molecule has 0 N–H and O–H groups in total. The van der Waals surface area contributed by atoms with Gasteiger partial charge in [-0.15, -0.1) is 22.9 Å². The van der Waals surface area contributed by atoms with Crippen molar-refractivity contribution in [2.75, 3.05) is 18.8 Å². The fourth-order valence-corrected chi connectivity index (χ4v) is 4.91. The van der Waals surface area contributed by atoms with E-state index in [4.69, 9.17) is 11.6 Å². The molecular formula is C12H14ClNOS2. The van der Waals surface area contributed by atoms with E-state index in [1.165, 1.54) is 16.2 Å². The van der Waals surface area contributed by atoms with Crippen LogP contribution in [0, 0.1) is 0 Å². The number of amides is 1. The first-order valence-corrected chi connectivity index (χ1v) is 8.27. The molecule has 1 atom stereocenters. The molecule has 5 heteroatoms. The maximum absolute atomic E-state index is 12.3. The number of fused-ring (bicyclic) bond motifs is 1. The van der Waals surface area contributed by atoms with Crippen molar-refractivity contribution in [1.82, 2.24) is 4.90 Å². The summed E-state index contributed by atoms with van der Waals surface area (Å²) < 4.78 is 0. The Labute approximate surface area is 114 Å². The highest BCUT2D eigenvalue weighted by Crippen LogP contribution is 2.32. The summed E-state index contributed by atoms with van der Waals surface area (Å²) in [6.45, 7) is 1.52. The molecule has 1 fully saturated rings. The third-order valence-electron chi connectivity index (χ3n) is 3.26. The van der Waals surface area contributed by atoms with Gasteiger partial charge in [0.25, 0.3) is 5.91 Å². The number of hydrogen-bond acceptors (Lipinski definition) is 3. The van der Waals surface area contributed by atoms with Gasteiger partial charge in [0, 0.05) is 23.7 Å². The van der Waals surface area contributed by atoms with Crippen molar-refractivity contribution < 1.29 is 4.79 Å². The third kappa shape index (κ3) is 2.35. The smallest absolute Gasteiger partial charge is 0.263 e. The molecular weight excluding hydrogens is 274 g/mol. The van der Waals surface area contributed by atoms with E-state index in [-0.39, 0.29) is 11.3 Å². The van der Waals surface area contributed by atoms with Crippen LogP contribution in [0.15, 0.2) is 6.07 Å². The standard InChI is InChI=1S/C12H14ClNOS2/c13-9-1-3-14(6-9)12(15)11-5-8-7-16-4-2-10(8)17-11/h5,9H,1-4,6-7H2. The molecule has 2 aliphatic heterocycles. The van der Waals surface area contributed by atoms with Gasteiger partial charge in [-0.1, -0.05) is 0 Å². The Hall–Kier alpha value is -0.190. The molecule has 0 bridgehead atoms. The summed E-state index contributed by atoms with van der Waals surface area (Å²) in [5.41, 5.74) is 1.37. The fourth-order valence-electron chi connectivity index (χ4n) is 2.31. The summed E-state index contributed by atoms with van der Waals surface area (Å²) in [6.07, 6.45) is 2.05. The zero-order valence-electron chi connectivity index (χ0n) is 9.45. The maximum Gasteiger partial charge on any atom is 0.263 e. The lowest BCUT2D eigenvalue weighted by Crippen LogP contribution is -2.28. The number of alkyl halides is 1. The molecule has 92 valence electrons. The molecule has 2 nitrogen and oxygen atoms in total. The Morgan fingerprint density at radius 2 is 2.41 bits per heavy atom. The van der Waals surface area contributed by atoms with E-state index in [2.05, 4.69) is 6.07 Å². The molecule has 17 heavy (non-hydrogen) atoms. The molecule has 3 rings (SSSR count). The topological polar surface area (TPSA) is 20.3 Å². The zero-order valence-corrected chi connectivity index (χ0v) is 11.8. The van der Waals surface area contributed by atoms with Crippen LogP contribution in [0.3, 0.4) is 0 Å². The van der Waals surface area contributed by atoms with Gasteiger partial charge in [-0.3, -0.25) is 4.79 Å². The normalized spacial score (nSPS) is 23.8. The maximum atomic E-state index is 12.3. The molecule has 1 unspecified atom stereocenters. The Kier molecular flexibility index (Phi) is 3.37. The van der Waals surface area contributed by atoms with E-state index in [9.17, 15) is 4.79 Å². The monoisotopic (exact) mass is 287 g/mol. The summed E-state index contributed by atoms with van der Waals surface area (Å²) >= 11 is 9.69. The molecule has 1 saturated heterocycles. The van der Waals surface area contributed by atoms with Crippen LogP contribution in [0.5, 0.6) is 0 Å². The predicted octanol–water partition coefficient (Wildman–Crippen LogP) is 2.99. The van der Waals surface area contributed by atoms with Crippen molar-refractivity contribution in [2.45, 2.75) is 24.0 Å². The number of thioether (sulfide) groups is 1. The number of nitrogens with zero attached hydrogens (tertiary/aromatic N) is 1. The van der Waals surface area contributed by atoms with Crippen LogP contribution >= 0.6 is 34.7 Å². The quantitative estimate of drug-likeness (QED) is 0.740. The lowest BCUT2D eigenvalue weighted by molar-refractivity contribution is 0.0798. The lowest BCUT2D eigenvalue weighted by atomic mass is 10.2. The Balaban J connectivity index is 1.79. The van der Waals surface area contributed by atoms with Crippen LogP contribution < -0.4 is 0 Å². The molecule has 3 heterocycles. The van der Waals surface area contributed by atoms with Gasteiger partial charge in [0.15, 0.2) is 0 Å². The Morgan fingerprint density at radius 1 is 1.53 bits per heavy atom. The lowest BCUT2D eigenvalue weighted by Gasteiger charge is -2.13. The summed E-state index contributed by atoms with van der Waals surface area (Å²) in [5.74, 6) is 2.43. The average molecular weight is 288 g/mol. The first kappa shape index (κ1) is 11.9. The SMILES string of the molecule is O=C(c1cc2c(s1)CCSC2)N1CCC(Cl)C1. The number of halogens is 1. The van der Waals surface area contributed by atoms with Crippen molar-refractivity contribution >= 4 is 40.6 Å². The van der Waals surface area contributed by atoms with E-state index < -0.39 is 0 Å². The Bertz CT molecular complexity index is 422. The summed E-state index contributed by atoms with van der Waals surface area (Å²) in [4.78, 5) is 16.5. The van der Waals surface area contributed by atoms with Gasteiger partial charge in [-0.05, 0) is 30.2 Å². The van der Waals surface area contributed by atoms with Crippen molar-refractivity contribution in [2.24, 2.45) is 0 Å². The van der Waals surface area contributed by atoms with Gasteiger partial charge in [-0.25, -0.2) is 0 Å². The first-order chi connectivity index (χ1) is 8.24. The van der Waals surface area contributed by atoms with Crippen molar-refractivity contribution in [3.63, 3.8) is 0 Å². The molecule has 1 aromatic rings. The van der Waals surface area contributed by atoms with Crippen LogP contribution in [0.1, 0.15) is 26.5 Å². The fraction of sp³-hybridized carbons (Fsp3) is 0.583. The second kappa shape index (κ2) is 4.82. The largest absolute Gasteiger partial charge is 0.336 e. The number of carbonyl (C=O) groups excluding carboxylic acids is 1. The summed E-state index contributed by atoms with van der Waals surface area (Å²) in [7, 11) is 0. The highest BCUT2D eigenvalue weighted by Gasteiger charge is 2.27. The molecule has 0 radical (unpaired) electrons. The van der Waals surface area contributed by atoms with E-state index in [0.29, 0.717) is 6.54 Å². The van der Waals surface area contributed by atoms with Crippen LogP contribution in [-0.2, 0) is 12.2 Å². The van der Waals surface area contributed by atoms with E-state index in [1.54, 1.807) is 11.3 Å². The second-order valence-electron chi connectivity index (χ2n) is 4.50. The number of rotatable bonds is 1. The van der Waals surface area contributed by atoms with Crippen molar-refractivity contribution in [3.8, 4) is 0 Å². The summed E-state index contributed by atoms with van der Waals surface area (Å²) in [5, 5.41) is 0.143. The van der Waals surface area contributed by atoms with Gasteiger partial charge in [0.1, 0.15) is 0 Å². The highest BCUT2D eigenvalue weighted by atomic mass is 35.5. The minimum absolute atomic E-state index is 0.143. The first-order valence-electron chi connectivity index (χ1n) is 5.86. The molecule has 0 spiro atoms. The van der Waals surface area contributed by atoms with Crippen molar-refractivity contribution in [3.05, 3.63) is 21.4 Å². The number of aryl methyl sites for hydroxylation is 1. The number of hydrogen-bond donors (Lipinski definition) is 0. The number of carbonyl (C=O) groups is 1. The van der Waals surface area contributed by atoms with Crippen LogP contribution in [-0.4, -0.2) is 35.0 Å². The summed E-state index contributed by atoms with van der Waals surface area (Å²) in [6, 6.07) is 2.09. The van der Waals surface area contributed by atoms with Crippen LogP contribution in [0.4, 0.5) is 0 Å². The van der Waals surface area contributed by atoms with E-state index >= 15 is 0 Å². The van der Waals surface area contributed by atoms with Gasteiger partial charge < -0.3 is 4.90 Å². The van der Waals surface area contributed by atoms with Gasteiger partial charge in [0.05, 0.1) is 10.3 Å². The predicted molar refractivity (Wildman–Crippen MR) is 74.3 cm³/mol. The van der Waals surface area contributed by atoms with E-state index in [1.807, 2.05) is 16.7 Å². The minimum atomic E-state index is 0.143. The molecule has 2 aliphatic rings. The zero-order chi connectivity index (χ0) is 11.8. The second-order valence-corrected chi connectivity index (χ2v) is 7.36. The van der Waals surface area contributed by atoms with Gasteiger partial charge in [0.2, 0.25) is 0 Å². The molecule has 0 aliphatic carbocycles. The molecule has 0 aromatic carbocycles.